The number of likely N-dealkylation sites (N-methyl/N-ethyl adjacent to an activating group) is 1. The van der Waals surface area contributed by atoms with E-state index in [0.717, 1.165) is 0 Å². The number of hydrogen-bond donors (Lipinski definition) is 2. The molecule has 0 aromatic carbocycles. The summed E-state index contributed by atoms with van der Waals surface area (Å²) in [7, 11) is -2.22. The minimum atomic E-state index is -3.93. The second-order valence-corrected chi connectivity index (χ2v) is 5.74. The van der Waals surface area contributed by atoms with E-state index < -0.39 is 10.1 Å². The predicted molar refractivity (Wildman–Crippen MR) is 74.9 cm³/mol. The molecule has 0 saturated carbocycles. The Kier molecular flexibility index (Phi) is 7.25. The lowest BCUT2D eigenvalue weighted by atomic mass is 10.2. The molecule has 0 aromatic heterocycles. The van der Waals surface area contributed by atoms with E-state index in [1.54, 1.807) is 30.8 Å². The average Bonchev–Trinajstić information content (AvgIpc) is 2.25. The number of nitrogens with one attached hydrogen (secondary N) is 1. The van der Waals surface area contributed by atoms with E-state index in [9.17, 15) is 13.2 Å². The summed E-state index contributed by atoms with van der Waals surface area (Å²) in [5, 5.41) is 2.91. The van der Waals surface area contributed by atoms with Crippen molar-refractivity contribution in [3.63, 3.8) is 0 Å². The van der Waals surface area contributed by atoms with Gasteiger partial charge in [-0.05, 0) is 25.5 Å². The van der Waals surface area contributed by atoms with Crippen LogP contribution in [0.3, 0.4) is 0 Å². The topological polar surface area (TPSA) is 86.5 Å². The van der Waals surface area contributed by atoms with Gasteiger partial charge in [-0.2, -0.15) is 8.42 Å². The highest BCUT2D eigenvalue weighted by molar-refractivity contribution is 7.85. The molecule has 0 amide bonds. The lowest BCUT2D eigenvalue weighted by Crippen LogP contribution is -2.14. The zero-order valence-corrected chi connectivity index (χ0v) is 12.3. The molecule has 0 atom stereocenters. The van der Waals surface area contributed by atoms with Gasteiger partial charge in [0.2, 0.25) is 0 Å². The summed E-state index contributed by atoms with van der Waals surface area (Å²) < 4.78 is 31.2. The fourth-order valence-electron chi connectivity index (χ4n) is 1.22. The van der Waals surface area contributed by atoms with Crippen LogP contribution in [0.1, 0.15) is 20.3 Å². The van der Waals surface area contributed by atoms with Crippen LogP contribution in [0.15, 0.2) is 23.5 Å². The Labute approximate surface area is 114 Å². The van der Waals surface area contributed by atoms with E-state index in [0.29, 0.717) is 17.8 Å². The van der Waals surface area contributed by atoms with Crippen LogP contribution < -0.4 is 5.32 Å². The molecule has 108 valence electrons. The molecular formula is C12H21N2O4S+. The molecule has 0 fully saturated rings. The van der Waals surface area contributed by atoms with E-state index in [-0.39, 0.29) is 18.0 Å². The molecule has 19 heavy (non-hydrogen) atoms. The van der Waals surface area contributed by atoms with Crippen molar-refractivity contribution < 1.29 is 22.3 Å². The predicted octanol–water partition coefficient (Wildman–Crippen LogP) is 0.574. The number of carbonyl (C=O) groups is 1. The molecule has 6 nitrogen and oxygen atoms in total. The largest absolute Gasteiger partial charge is 0.383 e. The molecule has 0 heterocycles. The van der Waals surface area contributed by atoms with Crippen LogP contribution in [-0.4, -0.2) is 49.4 Å². The molecule has 0 bridgehead atoms. The number of rotatable bonds is 8. The lowest BCUT2D eigenvalue weighted by Gasteiger charge is -2.02. The first kappa shape index (κ1) is 17.5. The molecule has 0 saturated heterocycles. The third kappa shape index (κ3) is 9.15. The van der Waals surface area contributed by atoms with Gasteiger partial charge in [-0.1, -0.05) is 0 Å². The minimum Gasteiger partial charge on any atom is -0.383 e. The number of carbonyl (C=O) groups excluding carboxylic acids is 1. The zero-order chi connectivity index (χ0) is 15.1. The molecule has 0 aliphatic rings. The van der Waals surface area contributed by atoms with Crippen molar-refractivity contribution in [3.05, 3.63) is 23.5 Å². The monoisotopic (exact) mass is 289 g/mol. The van der Waals surface area contributed by atoms with E-state index in [1.165, 1.54) is 6.92 Å². The normalized spacial score (nSPS) is 13.3. The van der Waals surface area contributed by atoms with Gasteiger partial charge in [0.1, 0.15) is 13.3 Å². The van der Waals surface area contributed by atoms with Gasteiger partial charge in [0.05, 0.1) is 11.4 Å². The number of allylic oxidation sites excluding steroid dienone is 2. The maximum atomic E-state index is 11.1. The number of ketones is 1. The Hall–Kier alpha value is -1.47. The van der Waals surface area contributed by atoms with Gasteiger partial charge in [0, 0.05) is 13.5 Å². The highest BCUT2D eigenvalue weighted by Gasteiger charge is 2.07. The fraction of sp³-hybridized carbons (Fsp3) is 0.500. The van der Waals surface area contributed by atoms with Crippen molar-refractivity contribution in [2.45, 2.75) is 20.3 Å². The first-order valence-electron chi connectivity index (χ1n) is 5.77. The standard InChI is InChI=1S/C12H20N2O4S/c1-10(11(2)15)8-12(13-3)9-14(4)6-5-7-19(16,17)18/h8-9,13H,4-7H2,1-3H3/p+1/b10-8+,12-9+. The maximum absolute atomic E-state index is 11.1. The summed E-state index contributed by atoms with van der Waals surface area (Å²) in [6, 6.07) is 0. The number of Topliss-reactive ketones (excluding diaryl/α,β-unsaturated/α-hetero) is 1. The van der Waals surface area contributed by atoms with Crippen molar-refractivity contribution in [1.82, 2.24) is 5.32 Å². The number of hydrogen-bond acceptors (Lipinski definition) is 4. The van der Waals surface area contributed by atoms with Crippen LogP contribution in [-0.2, 0) is 14.9 Å². The van der Waals surface area contributed by atoms with Crippen LogP contribution in [0.4, 0.5) is 0 Å². The molecule has 0 aromatic rings. The molecule has 0 aliphatic heterocycles. The molecule has 0 spiro atoms. The molecule has 0 rings (SSSR count). The van der Waals surface area contributed by atoms with Crippen LogP contribution >= 0.6 is 0 Å². The molecule has 2 N–H and O–H groups in total. The van der Waals surface area contributed by atoms with Crippen LogP contribution in [0.25, 0.3) is 0 Å². The highest BCUT2D eigenvalue weighted by atomic mass is 32.2. The summed E-state index contributed by atoms with van der Waals surface area (Å²) >= 11 is 0. The first-order valence-corrected chi connectivity index (χ1v) is 7.37. The van der Waals surface area contributed by atoms with Gasteiger partial charge in [0.25, 0.3) is 10.1 Å². The molecule has 7 heteroatoms. The Morgan fingerprint density at radius 1 is 1.42 bits per heavy atom. The van der Waals surface area contributed by atoms with Gasteiger partial charge in [-0.25, -0.2) is 4.58 Å². The van der Waals surface area contributed by atoms with Crippen molar-refractivity contribution in [2.24, 2.45) is 0 Å². The third-order valence-electron chi connectivity index (χ3n) is 2.39. The third-order valence-corrected chi connectivity index (χ3v) is 3.19. The summed E-state index contributed by atoms with van der Waals surface area (Å²) in [5.74, 6) is -0.326. The van der Waals surface area contributed by atoms with Crippen molar-refractivity contribution in [3.8, 4) is 0 Å². The smallest absolute Gasteiger partial charge is 0.265 e. The van der Waals surface area contributed by atoms with E-state index in [2.05, 4.69) is 12.0 Å². The first-order chi connectivity index (χ1) is 8.65. The molecular weight excluding hydrogens is 268 g/mol. The lowest BCUT2D eigenvalue weighted by molar-refractivity contribution is -0.448. The van der Waals surface area contributed by atoms with Crippen molar-refractivity contribution in [2.75, 3.05) is 19.3 Å². The van der Waals surface area contributed by atoms with Crippen LogP contribution in [0.2, 0.25) is 0 Å². The van der Waals surface area contributed by atoms with Crippen molar-refractivity contribution in [1.29, 1.82) is 0 Å². The van der Waals surface area contributed by atoms with Gasteiger partial charge in [0.15, 0.2) is 12.0 Å². The summed E-state index contributed by atoms with van der Waals surface area (Å²) in [6.07, 6.45) is 3.62. The molecule has 0 radical (unpaired) electrons. The summed E-state index contributed by atoms with van der Waals surface area (Å²) in [5.41, 5.74) is 1.29. The van der Waals surface area contributed by atoms with E-state index in [1.807, 2.05) is 0 Å². The van der Waals surface area contributed by atoms with Crippen molar-refractivity contribution >= 4 is 22.6 Å². The molecule has 0 aliphatic carbocycles. The maximum Gasteiger partial charge on any atom is 0.265 e. The quantitative estimate of drug-likeness (QED) is 0.224. The van der Waals surface area contributed by atoms with E-state index in [4.69, 9.17) is 4.55 Å². The second kappa shape index (κ2) is 7.85. The Morgan fingerprint density at radius 2 is 2.00 bits per heavy atom. The van der Waals surface area contributed by atoms with Gasteiger partial charge < -0.3 is 5.32 Å². The van der Waals surface area contributed by atoms with Gasteiger partial charge >= 0.3 is 0 Å². The highest BCUT2D eigenvalue weighted by Crippen LogP contribution is 2.01. The SMILES string of the molecule is C=[N+](/C=C(\C=C(/C)C(C)=O)NC)CCCS(=O)(=O)O. The second-order valence-electron chi connectivity index (χ2n) is 4.17. The van der Waals surface area contributed by atoms with Crippen LogP contribution in [0.5, 0.6) is 0 Å². The molecule has 0 unspecified atom stereocenters. The zero-order valence-electron chi connectivity index (χ0n) is 11.5. The van der Waals surface area contributed by atoms with E-state index >= 15 is 0 Å². The van der Waals surface area contributed by atoms with Gasteiger partial charge in [-0.15, -0.1) is 0 Å². The Bertz CT molecular complexity index is 504. The van der Waals surface area contributed by atoms with Crippen LogP contribution in [0, 0.1) is 0 Å². The fourth-order valence-corrected chi connectivity index (χ4v) is 1.71. The summed E-state index contributed by atoms with van der Waals surface area (Å²) in [4.78, 5) is 11.1. The average molecular weight is 289 g/mol. The Balaban J connectivity index is 4.59. The Morgan fingerprint density at radius 3 is 2.42 bits per heavy atom. The minimum absolute atomic E-state index is 0.0249. The number of nitrogens with zero attached hydrogens (tertiary/aromatic N) is 1. The van der Waals surface area contributed by atoms with Gasteiger partial charge in [-0.3, -0.25) is 9.35 Å². The summed E-state index contributed by atoms with van der Waals surface area (Å²) in [6.45, 7) is 7.28.